The Bertz CT molecular complexity index is 498. The van der Waals surface area contributed by atoms with Gasteiger partial charge in [0.05, 0.1) is 18.3 Å². The van der Waals surface area contributed by atoms with E-state index in [1.807, 2.05) is 4.68 Å². The molecule has 1 saturated heterocycles. The Morgan fingerprint density at radius 3 is 2.86 bits per heavy atom. The fourth-order valence-corrected chi connectivity index (χ4v) is 3.37. The van der Waals surface area contributed by atoms with Crippen LogP contribution in [0.3, 0.4) is 0 Å². The Labute approximate surface area is 130 Å². The van der Waals surface area contributed by atoms with E-state index in [9.17, 15) is 9.90 Å². The average molecular weight is 307 g/mol. The summed E-state index contributed by atoms with van der Waals surface area (Å²) >= 11 is 0. The van der Waals surface area contributed by atoms with Crippen molar-refractivity contribution in [2.24, 2.45) is 5.92 Å². The number of aromatic nitrogens is 3. The summed E-state index contributed by atoms with van der Waals surface area (Å²) in [6.45, 7) is 2.47. The number of rotatable bonds is 4. The lowest BCUT2D eigenvalue weighted by molar-refractivity contribution is 0.0661. The van der Waals surface area contributed by atoms with Crippen molar-refractivity contribution in [3.8, 4) is 0 Å². The van der Waals surface area contributed by atoms with Crippen LogP contribution in [0.15, 0.2) is 6.20 Å². The predicted molar refractivity (Wildman–Crippen MR) is 81.5 cm³/mol. The number of nitrogens with one attached hydrogen (secondary N) is 2. The first kappa shape index (κ1) is 15.4. The van der Waals surface area contributed by atoms with E-state index in [0.717, 1.165) is 51.6 Å². The van der Waals surface area contributed by atoms with E-state index >= 15 is 0 Å². The number of nitrogens with zero attached hydrogens (tertiary/aromatic N) is 3. The van der Waals surface area contributed by atoms with Crippen LogP contribution in [-0.4, -0.2) is 51.7 Å². The summed E-state index contributed by atoms with van der Waals surface area (Å²) in [7, 11) is 0. The summed E-state index contributed by atoms with van der Waals surface area (Å²) in [5, 5.41) is 24.2. The molecule has 2 atom stereocenters. The van der Waals surface area contributed by atoms with Gasteiger partial charge in [0.2, 0.25) is 0 Å². The van der Waals surface area contributed by atoms with Gasteiger partial charge in [0.25, 0.3) is 5.91 Å². The highest BCUT2D eigenvalue weighted by Gasteiger charge is 2.24. The molecule has 0 aromatic carbocycles. The number of carbonyl (C=O) groups excluding carboxylic acids is 1. The smallest absolute Gasteiger partial charge is 0.273 e. The topological polar surface area (TPSA) is 92.1 Å². The second-order valence-corrected chi connectivity index (χ2v) is 6.39. The zero-order valence-corrected chi connectivity index (χ0v) is 12.9. The van der Waals surface area contributed by atoms with Crippen LogP contribution in [0.1, 0.15) is 55.1 Å². The molecule has 2 fully saturated rings. The van der Waals surface area contributed by atoms with E-state index in [1.54, 1.807) is 6.20 Å². The van der Waals surface area contributed by atoms with Gasteiger partial charge in [-0.3, -0.25) is 4.79 Å². The molecule has 1 aliphatic heterocycles. The molecule has 2 unspecified atom stereocenters. The third kappa shape index (κ3) is 3.64. The van der Waals surface area contributed by atoms with Gasteiger partial charge in [0.15, 0.2) is 5.69 Å². The molecule has 3 rings (SSSR count). The van der Waals surface area contributed by atoms with Gasteiger partial charge in [-0.2, -0.15) is 0 Å². The van der Waals surface area contributed by atoms with Gasteiger partial charge in [-0.25, -0.2) is 4.68 Å². The first-order valence-corrected chi connectivity index (χ1v) is 8.33. The van der Waals surface area contributed by atoms with Gasteiger partial charge in [-0.1, -0.05) is 18.1 Å². The van der Waals surface area contributed by atoms with Crippen LogP contribution in [0, 0.1) is 5.92 Å². The normalized spacial score (nSPS) is 26.8. The van der Waals surface area contributed by atoms with Crippen molar-refractivity contribution >= 4 is 5.91 Å². The van der Waals surface area contributed by atoms with Gasteiger partial charge < -0.3 is 15.7 Å². The summed E-state index contributed by atoms with van der Waals surface area (Å²) in [6.07, 6.45) is 7.49. The number of carbonyl (C=O) groups is 1. The maximum absolute atomic E-state index is 12.2. The molecule has 7 nitrogen and oxygen atoms in total. The molecule has 0 bridgehead atoms. The minimum atomic E-state index is -0.292. The average Bonchev–Trinajstić information content (AvgIpc) is 3.05. The highest BCUT2D eigenvalue weighted by molar-refractivity contribution is 5.91. The minimum Gasteiger partial charge on any atom is -0.393 e. The molecule has 1 saturated carbocycles. The molecule has 1 amide bonds. The van der Waals surface area contributed by atoms with Gasteiger partial charge in [-0.15, -0.1) is 5.10 Å². The quantitative estimate of drug-likeness (QED) is 0.752. The highest BCUT2D eigenvalue weighted by Crippen LogP contribution is 2.23. The van der Waals surface area contributed by atoms with Crippen molar-refractivity contribution in [2.75, 3.05) is 19.6 Å². The van der Waals surface area contributed by atoms with E-state index < -0.39 is 0 Å². The molecular formula is C15H25N5O2. The van der Waals surface area contributed by atoms with E-state index in [4.69, 9.17) is 0 Å². The Morgan fingerprint density at radius 2 is 2.09 bits per heavy atom. The predicted octanol–water partition coefficient (Wildman–Crippen LogP) is 0.483. The molecule has 1 aromatic heterocycles. The van der Waals surface area contributed by atoms with Crippen LogP contribution in [0.2, 0.25) is 0 Å². The van der Waals surface area contributed by atoms with Crippen molar-refractivity contribution < 1.29 is 9.90 Å². The van der Waals surface area contributed by atoms with Crippen LogP contribution in [-0.2, 0) is 0 Å². The van der Waals surface area contributed by atoms with Gasteiger partial charge in [-0.05, 0) is 38.8 Å². The molecule has 7 heteroatoms. The van der Waals surface area contributed by atoms with Crippen molar-refractivity contribution in [3.63, 3.8) is 0 Å². The van der Waals surface area contributed by atoms with Crippen LogP contribution in [0.5, 0.6) is 0 Å². The molecule has 1 aliphatic carbocycles. The number of piperidine rings is 1. The Hall–Kier alpha value is -1.47. The van der Waals surface area contributed by atoms with Gasteiger partial charge in [0, 0.05) is 12.5 Å². The SMILES string of the molecule is O=C(NCC1CCCCC1O)c1cn(C2CCNCC2)nn1. The molecule has 2 aliphatic rings. The lowest BCUT2D eigenvalue weighted by Crippen LogP contribution is -2.36. The molecule has 2 heterocycles. The summed E-state index contributed by atoms with van der Waals surface area (Å²) in [6, 6.07) is 0.329. The van der Waals surface area contributed by atoms with E-state index in [-0.39, 0.29) is 17.9 Å². The first-order valence-electron chi connectivity index (χ1n) is 8.33. The minimum absolute atomic E-state index is 0.164. The van der Waals surface area contributed by atoms with Crippen molar-refractivity contribution in [2.45, 2.75) is 50.7 Å². The van der Waals surface area contributed by atoms with Crippen LogP contribution >= 0.6 is 0 Å². The van der Waals surface area contributed by atoms with Crippen molar-refractivity contribution in [3.05, 3.63) is 11.9 Å². The second-order valence-electron chi connectivity index (χ2n) is 6.39. The Balaban J connectivity index is 1.52. The van der Waals surface area contributed by atoms with Crippen molar-refractivity contribution in [1.82, 2.24) is 25.6 Å². The van der Waals surface area contributed by atoms with Crippen molar-refractivity contribution in [1.29, 1.82) is 0 Å². The number of hydrogen-bond acceptors (Lipinski definition) is 5. The fraction of sp³-hybridized carbons (Fsp3) is 0.800. The maximum Gasteiger partial charge on any atom is 0.273 e. The third-order valence-electron chi connectivity index (χ3n) is 4.82. The molecule has 3 N–H and O–H groups in total. The summed E-state index contributed by atoms with van der Waals surface area (Å²) in [5.41, 5.74) is 0.365. The third-order valence-corrected chi connectivity index (χ3v) is 4.82. The zero-order valence-electron chi connectivity index (χ0n) is 12.9. The molecule has 0 radical (unpaired) electrons. The second kappa shape index (κ2) is 7.19. The van der Waals surface area contributed by atoms with E-state index in [0.29, 0.717) is 18.3 Å². The molecule has 122 valence electrons. The standard InChI is InChI=1S/C15H25N5O2/c21-14-4-2-1-3-11(14)9-17-15(22)13-10-20(19-18-13)12-5-7-16-8-6-12/h10-12,14,16,21H,1-9H2,(H,17,22). The van der Waals surface area contributed by atoms with Crippen LogP contribution in [0.4, 0.5) is 0 Å². The monoisotopic (exact) mass is 307 g/mol. The fourth-order valence-electron chi connectivity index (χ4n) is 3.37. The van der Waals surface area contributed by atoms with Gasteiger partial charge in [0.1, 0.15) is 0 Å². The number of aliphatic hydroxyl groups excluding tert-OH is 1. The van der Waals surface area contributed by atoms with Gasteiger partial charge >= 0.3 is 0 Å². The number of hydrogen-bond donors (Lipinski definition) is 3. The lowest BCUT2D eigenvalue weighted by Gasteiger charge is -2.27. The van der Waals surface area contributed by atoms with Crippen LogP contribution < -0.4 is 10.6 Å². The Morgan fingerprint density at radius 1 is 1.32 bits per heavy atom. The molecular weight excluding hydrogens is 282 g/mol. The molecule has 1 aromatic rings. The number of amides is 1. The van der Waals surface area contributed by atoms with E-state index in [1.165, 1.54) is 0 Å². The van der Waals surface area contributed by atoms with E-state index in [2.05, 4.69) is 20.9 Å². The maximum atomic E-state index is 12.2. The first-order chi connectivity index (χ1) is 10.7. The molecule has 22 heavy (non-hydrogen) atoms. The van der Waals surface area contributed by atoms with Crippen LogP contribution in [0.25, 0.3) is 0 Å². The zero-order chi connectivity index (χ0) is 15.4. The molecule has 0 spiro atoms. The Kier molecular flexibility index (Phi) is 5.04. The largest absolute Gasteiger partial charge is 0.393 e. The summed E-state index contributed by atoms with van der Waals surface area (Å²) in [5.74, 6) is -0.0323. The summed E-state index contributed by atoms with van der Waals surface area (Å²) < 4.78 is 1.81. The lowest BCUT2D eigenvalue weighted by atomic mass is 9.86. The highest BCUT2D eigenvalue weighted by atomic mass is 16.3. The summed E-state index contributed by atoms with van der Waals surface area (Å²) in [4.78, 5) is 12.2. The number of aliphatic hydroxyl groups is 1.